The van der Waals surface area contributed by atoms with Crippen molar-refractivity contribution in [3.05, 3.63) is 57.9 Å². The highest BCUT2D eigenvalue weighted by atomic mass is 35.5. The van der Waals surface area contributed by atoms with E-state index >= 15 is 0 Å². The SMILES string of the molecule is Cc1ccc(N)c(C)c1NC(=O)c1ccc(Cl)c(F)c1. The summed E-state index contributed by atoms with van der Waals surface area (Å²) >= 11 is 5.59. The summed E-state index contributed by atoms with van der Waals surface area (Å²) in [4.78, 5) is 12.1. The number of aryl methyl sites for hydroxylation is 1. The Bertz CT molecular complexity index is 686. The predicted molar refractivity (Wildman–Crippen MR) is 79.7 cm³/mol. The Balaban J connectivity index is 2.32. The molecule has 3 nitrogen and oxygen atoms in total. The van der Waals surface area contributed by atoms with Gasteiger partial charge < -0.3 is 11.1 Å². The number of carbonyl (C=O) groups excluding carboxylic acids is 1. The number of hydrogen-bond acceptors (Lipinski definition) is 2. The molecule has 2 rings (SSSR count). The topological polar surface area (TPSA) is 55.1 Å². The Labute approximate surface area is 121 Å². The number of halogens is 2. The van der Waals surface area contributed by atoms with Gasteiger partial charge >= 0.3 is 0 Å². The van der Waals surface area contributed by atoms with Crippen LogP contribution >= 0.6 is 11.6 Å². The Morgan fingerprint density at radius 1 is 1.25 bits per heavy atom. The first-order chi connectivity index (χ1) is 9.40. The second-order valence-electron chi connectivity index (χ2n) is 4.55. The summed E-state index contributed by atoms with van der Waals surface area (Å²) in [7, 11) is 0. The number of nitrogens with one attached hydrogen (secondary N) is 1. The molecule has 2 aromatic rings. The monoisotopic (exact) mass is 292 g/mol. The third-order valence-corrected chi connectivity index (χ3v) is 3.44. The molecule has 5 heteroatoms. The van der Waals surface area contributed by atoms with E-state index in [1.807, 2.05) is 19.9 Å². The van der Waals surface area contributed by atoms with E-state index in [1.54, 1.807) is 6.07 Å². The zero-order chi connectivity index (χ0) is 14.9. The standard InChI is InChI=1S/C15H14ClFN2O/c1-8-3-6-13(18)9(2)14(8)19-15(20)10-4-5-11(16)12(17)7-10/h3-7H,18H2,1-2H3,(H,19,20). The number of amides is 1. The van der Waals surface area contributed by atoms with Crippen LogP contribution in [0.3, 0.4) is 0 Å². The van der Waals surface area contributed by atoms with Crippen molar-refractivity contribution >= 4 is 28.9 Å². The fourth-order valence-electron chi connectivity index (χ4n) is 1.88. The van der Waals surface area contributed by atoms with Gasteiger partial charge in [0.15, 0.2) is 0 Å². The first-order valence-electron chi connectivity index (χ1n) is 6.02. The third-order valence-electron chi connectivity index (χ3n) is 3.14. The van der Waals surface area contributed by atoms with Gasteiger partial charge in [-0.3, -0.25) is 4.79 Å². The number of hydrogen-bond donors (Lipinski definition) is 2. The van der Waals surface area contributed by atoms with Crippen molar-refractivity contribution in [3.63, 3.8) is 0 Å². The molecule has 104 valence electrons. The van der Waals surface area contributed by atoms with Crippen molar-refractivity contribution in [3.8, 4) is 0 Å². The Morgan fingerprint density at radius 2 is 1.95 bits per heavy atom. The van der Waals surface area contributed by atoms with Crippen molar-refractivity contribution in [2.24, 2.45) is 0 Å². The van der Waals surface area contributed by atoms with Gasteiger partial charge in [-0.1, -0.05) is 17.7 Å². The molecule has 0 aliphatic carbocycles. The maximum absolute atomic E-state index is 13.4. The maximum Gasteiger partial charge on any atom is 0.255 e. The van der Waals surface area contributed by atoms with E-state index in [0.717, 1.165) is 17.2 Å². The summed E-state index contributed by atoms with van der Waals surface area (Å²) in [6.07, 6.45) is 0. The van der Waals surface area contributed by atoms with Crippen LogP contribution < -0.4 is 11.1 Å². The van der Waals surface area contributed by atoms with Crippen LogP contribution in [0.25, 0.3) is 0 Å². The Kier molecular flexibility index (Phi) is 3.95. The van der Waals surface area contributed by atoms with E-state index in [2.05, 4.69) is 5.32 Å². The van der Waals surface area contributed by atoms with Gasteiger partial charge in [0.05, 0.1) is 5.02 Å². The number of nitrogens with two attached hydrogens (primary N) is 1. The molecule has 0 fully saturated rings. The second-order valence-corrected chi connectivity index (χ2v) is 4.96. The highest BCUT2D eigenvalue weighted by Gasteiger charge is 2.12. The summed E-state index contributed by atoms with van der Waals surface area (Å²) in [6, 6.07) is 7.53. The summed E-state index contributed by atoms with van der Waals surface area (Å²) < 4.78 is 13.4. The molecule has 0 aliphatic heterocycles. The van der Waals surface area contributed by atoms with E-state index in [4.69, 9.17) is 17.3 Å². The zero-order valence-electron chi connectivity index (χ0n) is 11.1. The molecule has 0 unspecified atom stereocenters. The molecule has 3 N–H and O–H groups in total. The van der Waals surface area contributed by atoms with Crippen LogP contribution in [0.1, 0.15) is 21.5 Å². The van der Waals surface area contributed by atoms with E-state index in [1.165, 1.54) is 12.1 Å². The lowest BCUT2D eigenvalue weighted by molar-refractivity contribution is 0.102. The van der Waals surface area contributed by atoms with Crippen LogP contribution in [0, 0.1) is 19.7 Å². The van der Waals surface area contributed by atoms with Crippen molar-refractivity contribution in [2.45, 2.75) is 13.8 Å². The van der Waals surface area contributed by atoms with Gasteiger partial charge in [0, 0.05) is 16.9 Å². The van der Waals surface area contributed by atoms with Gasteiger partial charge in [0.2, 0.25) is 0 Å². The Hall–Kier alpha value is -2.07. The van der Waals surface area contributed by atoms with Crippen LogP contribution in [0.4, 0.5) is 15.8 Å². The molecule has 0 heterocycles. The molecular formula is C15H14ClFN2O. The predicted octanol–water partition coefficient (Wildman–Crippen LogP) is 3.93. The fourth-order valence-corrected chi connectivity index (χ4v) is 2.00. The molecule has 2 aromatic carbocycles. The van der Waals surface area contributed by atoms with Crippen LogP contribution in [0.2, 0.25) is 5.02 Å². The minimum Gasteiger partial charge on any atom is -0.398 e. The van der Waals surface area contributed by atoms with E-state index in [0.29, 0.717) is 11.4 Å². The number of carbonyl (C=O) groups is 1. The molecule has 0 saturated carbocycles. The van der Waals surface area contributed by atoms with Gasteiger partial charge in [-0.05, 0) is 49.2 Å². The molecule has 0 radical (unpaired) electrons. The van der Waals surface area contributed by atoms with Crippen LogP contribution in [-0.2, 0) is 0 Å². The molecule has 20 heavy (non-hydrogen) atoms. The van der Waals surface area contributed by atoms with E-state index in [-0.39, 0.29) is 10.6 Å². The van der Waals surface area contributed by atoms with E-state index < -0.39 is 11.7 Å². The number of nitrogen functional groups attached to an aromatic ring is 1. The first-order valence-corrected chi connectivity index (χ1v) is 6.40. The van der Waals surface area contributed by atoms with Crippen molar-refractivity contribution in [2.75, 3.05) is 11.1 Å². The molecule has 0 saturated heterocycles. The van der Waals surface area contributed by atoms with Crippen LogP contribution in [0.15, 0.2) is 30.3 Å². The largest absolute Gasteiger partial charge is 0.398 e. The lowest BCUT2D eigenvalue weighted by Gasteiger charge is -2.13. The van der Waals surface area contributed by atoms with Gasteiger partial charge in [0.25, 0.3) is 5.91 Å². The smallest absolute Gasteiger partial charge is 0.255 e. The van der Waals surface area contributed by atoms with Crippen LogP contribution in [-0.4, -0.2) is 5.91 Å². The first kappa shape index (κ1) is 14.3. The molecule has 0 spiro atoms. The Morgan fingerprint density at radius 3 is 2.60 bits per heavy atom. The highest BCUT2D eigenvalue weighted by Crippen LogP contribution is 2.26. The second kappa shape index (κ2) is 5.51. The summed E-state index contributed by atoms with van der Waals surface area (Å²) in [5.41, 5.74) is 8.93. The van der Waals surface area contributed by atoms with Crippen molar-refractivity contribution in [1.29, 1.82) is 0 Å². The fraction of sp³-hybridized carbons (Fsp3) is 0.133. The average molecular weight is 293 g/mol. The lowest BCUT2D eigenvalue weighted by atomic mass is 10.1. The number of rotatable bonds is 2. The number of benzene rings is 2. The number of anilines is 2. The third kappa shape index (κ3) is 2.75. The molecule has 0 bridgehead atoms. The quantitative estimate of drug-likeness (QED) is 0.824. The molecule has 0 aliphatic rings. The van der Waals surface area contributed by atoms with Gasteiger partial charge in [-0.15, -0.1) is 0 Å². The average Bonchev–Trinajstić information content (AvgIpc) is 2.42. The van der Waals surface area contributed by atoms with Crippen molar-refractivity contribution < 1.29 is 9.18 Å². The maximum atomic E-state index is 13.4. The highest BCUT2D eigenvalue weighted by molar-refractivity contribution is 6.30. The molecule has 0 atom stereocenters. The molecular weight excluding hydrogens is 279 g/mol. The minimum absolute atomic E-state index is 0.0159. The van der Waals surface area contributed by atoms with Gasteiger partial charge in [-0.2, -0.15) is 0 Å². The lowest BCUT2D eigenvalue weighted by Crippen LogP contribution is -2.14. The zero-order valence-corrected chi connectivity index (χ0v) is 11.9. The summed E-state index contributed by atoms with van der Waals surface area (Å²) in [6.45, 7) is 3.69. The normalized spacial score (nSPS) is 10.4. The van der Waals surface area contributed by atoms with Gasteiger partial charge in [-0.25, -0.2) is 4.39 Å². The summed E-state index contributed by atoms with van der Waals surface area (Å²) in [5, 5.41) is 2.74. The molecule has 0 aromatic heterocycles. The van der Waals surface area contributed by atoms with Gasteiger partial charge in [0.1, 0.15) is 5.82 Å². The van der Waals surface area contributed by atoms with Crippen LogP contribution in [0.5, 0.6) is 0 Å². The molecule has 1 amide bonds. The minimum atomic E-state index is -0.625. The van der Waals surface area contributed by atoms with Crippen molar-refractivity contribution in [1.82, 2.24) is 0 Å². The summed E-state index contributed by atoms with van der Waals surface area (Å²) in [5.74, 6) is -1.03. The van der Waals surface area contributed by atoms with E-state index in [9.17, 15) is 9.18 Å².